The lowest BCUT2D eigenvalue weighted by Gasteiger charge is -2.23. The Morgan fingerprint density at radius 1 is 1.50 bits per heavy atom. The fourth-order valence-corrected chi connectivity index (χ4v) is 3.73. The van der Waals surface area contributed by atoms with Crippen molar-refractivity contribution in [2.45, 2.75) is 52.2 Å². The van der Waals surface area contributed by atoms with Crippen LogP contribution in [0.5, 0.6) is 0 Å². The average Bonchev–Trinajstić information content (AvgIpc) is 2.92. The minimum atomic E-state index is -0.375. The van der Waals surface area contributed by atoms with Gasteiger partial charge in [-0.2, -0.15) is 0 Å². The average molecular weight is 350 g/mol. The van der Waals surface area contributed by atoms with E-state index in [1.807, 2.05) is 11.0 Å². The Bertz CT molecular complexity index is 735. The molecule has 2 aromatic rings. The molecule has 5 nitrogen and oxygen atoms in total. The number of aliphatic hydroxyl groups excluding tert-OH is 1. The number of aliphatic hydroxyl groups is 1. The van der Waals surface area contributed by atoms with Crippen LogP contribution < -0.4 is 5.56 Å². The van der Waals surface area contributed by atoms with Crippen LogP contribution in [0.4, 0.5) is 0 Å². The van der Waals surface area contributed by atoms with E-state index in [1.54, 1.807) is 17.4 Å². The molecule has 0 spiro atoms. The number of hydrogen-bond acceptors (Lipinski definition) is 5. The molecule has 0 aromatic carbocycles. The Balaban J connectivity index is 2.23. The predicted octanol–water partition coefficient (Wildman–Crippen LogP) is 3.26. The molecule has 0 aliphatic rings. The molecule has 0 saturated carbocycles. The van der Waals surface area contributed by atoms with Gasteiger partial charge in [-0.05, 0) is 18.4 Å². The van der Waals surface area contributed by atoms with Crippen LogP contribution >= 0.6 is 11.3 Å². The molecule has 1 unspecified atom stereocenters. The zero-order chi connectivity index (χ0) is 17.7. The molecule has 132 valence electrons. The van der Waals surface area contributed by atoms with E-state index in [0.717, 1.165) is 17.7 Å². The Labute approximate surface area is 147 Å². The second kappa shape index (κ2) is 8.55. The minimum absolute atomic E-state index is 0.0918. The van der Waals surface area contributed by atoms with E-state index in [4.69, 9.17) is 0 Å². The third-order valence-corrected chi connectivity index (χ3v) is 5.22. The van der Waals surface area contributed by atoms with E-state index in [1.165, 1.54) is 4.88 Å². The van der Waals surface area contributed by atoms with Crippen LogP contribution in [0.3, 0.4) is 0 Å². The van der Waals surface area contributed by atoms with Crippen molar-refractivity contribution >= 4 is 21.6 Å². The summed E-state index contributed by atoms with van der Waals surface area (Å²) in [4.78, 5) is 23.8. The second-order valence-corrected chi connectivity index (χ2v) is 7.52. The first-order valence-electron chi connectivity index (χ1n) is 8.48. The fraction of sp³-hybridized carbons (Fsp3) is 0.556. The number of fused-ring (bicyclic) bond motifs is 1. The lowest BCUT2D eigenvalue weighted by molar-refractivity contribution is 0.106. The van der Waals surface area contributed by atoms with Crippen LogP contribution in [0.15, 0.2) is 23.5 Å². The smallest absolute Gasteiger partial charge is 0.259 e. The summed E-state index contributed by atoms with van der Waals surface area (Å²) in [6.45, 7) is 11.7. The van der Waals surface area contributed by atoms with Gasteiger partial charge in [-0.3, -0.25) is 9.69 Å². The van der Waals surface area contributed by atoms with Crippen molar-refractivity contribution < 1.29 is 5.11 Å². The second-order valence-electron chi connectivity index (χ2n) is 6.46. The van der Waals surface area contributed by atoms with E-state index in [0.29, 0.717) is 36.8 Å². The minimum Gasteiger partial charge on any atom is -0.392 e. The van der Waals surface area contributed by atoms with Crippen LogP contribution in [0.2, 0.25) is 0 Å². The van der Waals surface area contributed by atoms with Crippen LogP contribution in [-0.2, 0) is 6.54 Å². The van der Waals surface area contributed by atoms with E-state index < -0.39 is 0 Å². The summed E-state index contributed by atoms with van der Waals surface area (Å²) in [7, 11) is 0. The van der Waals surface area contributed by atoms with Gasteiger partial charge in [0.15, 0.2) is 0 Å². The van der Waals surface area contributed by atoms with Gasteiger partial charge in [0, 0.05) is 18.0 Å². The fourth-order valence-electron chi connectivity index (χ4n) is 2.67. The van der Waals surface area contributed by atoms with E-state index >= 15 is 0 Å². The highest BCUT2D eigenvalue weighted by molar-refractivity contribution is 7.18. The molecule has 0 bridgehead atoms. The van der Waals surface area contributed by atoms with E-state index in [9.17, 15) is 9.90 Å². The maximum absolute atomic E-state index is 12.3. The quantitative estimate of drug-likeness (QED) is 0.682. The maximum Gasteiger partial charge on any atom is 0.259 e. The van der Waals surface area contributed by atoms with E-state index in [-0.39, 0.29) is 11.7 Å². The predicted molar refractivity (Wildman–Crippen MR) is 101 cm³/mol. The van der Waals surface area contributed by atoms with Crippen molar-refractivity contribution in [3.8, 4) is 0 Å². The highest BCUT2D eigenvalue weighted by atomic mass is 32.1. The zero-order valence-electron chi connectivity index (χ0n) is 14.7. The van der Waals surface area contributed by atoms with Crippen LogP contribution in [0.25, 0.3) is 10.2 Å². The normalized spacial score (nSPS) is 13.1. The highest BCUT2D eigenvalue weighted by Gasteiger charge is 2.15. The number of H-pyrrole nitrogens is 1. The number of aromatic nitrogens is 2. The van der Waals surface area contributed by atoms with Crippen molar-refractivity contribution in [2.75, 3.05) is 13.1 Å². The number of aromatic amines is 1. The summed E-state index contributed by atoms with van der Waals surface area (Å²) in [6.07, 6.45) is 3.13. The summed E-state index contributed by atoms with van der Waals surface area (Å²) in [5.74, 6) is 1.02. The molecule has 24 heavy (non-hydrogen) atoms. The SMILES string of the molecule is C=CCN(Cc1nc2sc(C(C)C)cc2c(=O)[nH]1)CC(O)CCC. The molecule has 0 amide bonds. The Morgan fingerprint density at radius 2 is 2.25 bits per heavy atom. The Morgan fingerprint density at radius 3 is 2.88 bits per heavy atom. The lowest BCUT2D eigenvalue weighted by atomic mass is 10.2. The van der Waals surface area contributed by atoms with Gasteiger partial charge in [-0.1, -0.05) is 33.3 Å². The first-order valence-corrected chi connectivity index (χ1v) is 9.30. The van der Waals surface area contributed by atoms with Gasteiger partial charge in [0.05, 0.1) is 18.0 Å². The molecule has 2 heterocycles. The molecule has 0 aliphatic carbocycles. The molecule has 2 aromatic heterocycles. The molecule has 2 N–H and O–H groups in total. The van der Waals surface area contributed by atoms with Crippen LogP contribution in [0, 0.1) is 0 Å². The standard InChI is InChI=1S/C18H27N3O2S/c1-5-7-13(22)10-21(8-6-2)11-16-19-17(23)14-9-15(12(3)4)24-18(14)20-16/h6,9,12-13,22H,2,5,7-8,10-11H2,1,3-4H3,(H,19,20,23). The summed E-state index contributed by atoms with van der Waals surface area (Å²) in [5, 5.41) is 10.7. The van der Waals surface area contributed by atoms with Gasteiger partial charge < -0.3 is 10.1 Å². The summed E-state index contributed by atoms with van der Waals surface area (Å²) >= 11 is 1.58. The summed E-state index contributed by atoms with van der Waals surface area (Å²) in [5.41, 5.74) is -0.0918. The first-order chi connectivity index (χ1) is 11.4. The van der Waals surface area contributed by atoms with Gasteiger partial charge in [-0.25, -0.2) is 4.98 Å². The van der Waals surface area contributed by atoms with Crippen molar-refractivity contribution in [3.63, 3.8) is 0 Å². The van der Waals surface area contributed by atoms with Gasteiger partial charge in [0.2, 0.25) is 0 Å². The van der Waals surface area contributed by atoms with Crippen molar-refractivity contribution in [1.29, 1.82) is 0 Å². The zero-order valence-corrected chi connectivity index (χ0v) is 15.5. The lowest BCUT2D eigenvalue weighted by Crippen LogP contribution is -2.33. The molecular formula is C18H27N3O2S. The van der Waals surface area contributed by atoms with Crippen molar-refractivity contribution in [3.05, 3.63) is 39.8 Å². The molecule has 1 atom stereocenters. The summed E-state index contributed by atoms with van der Waals surface area (Å²) < 4.78 is 0. The molecule has 0 saturated heterocycles. The topological polar surface area (TPSA) is 69.2 Å². The van der Waals surface area contributed by atoms with Gasteiger partial charge >= 0.3 is 0 Å². The number of nitrogens with one attached hydrogen (secondary N) is 1. The molecule has 6 heteroatoms. The molecule has 0 aliphatic heterocycles. The van der Waals surface area contributed by atoms with Crippen LogP contribution in [0.1, 0.15) is 50.2 Å². The van der Waals surface area contributed by atoms with Crippen LogP contribution in [-0.4, -0.2) is 39.2 Å². The van der Waals surface area contributed by atoms with Gasteiger partial charge in [0.25, 0.3) is 5.56 Å². The maximum atomic E-state index is 12.3. The monoisotopic (exact) mass is 349 g/mol. The largest absolute Gasteiger partial charge is 0.392 e. The van der Waals surface area contributed by atoms with Crippen molar-refractivity contribution in [1.82, 2.24) is 14.9 Å². The molecular weight excluding hydrogens is 322 g/mol. The molecule has 2 rings (SSSR count). The van der Waals surface area contributed by atoms with Gasteiger partial charge in [0.1, 0.15) is 10.7 Å². The van der Waals surface area contributed by atoms with Gasteiger partial charge in [-0.15, -0.1) is 17.9 Å². The Hall–Kier alpha value is -1.50. The van der Waals surface area contributed by atoms with Crippen molar-refractivity contribution in [2.24, 2.45) is 0 Å². The number of nitrogens with zero attached hydrogens (tertiary/aromatic N) is 2. The molecule has 0 fully saturated rings. The third kappa shape index (κ3) is 4.75. The Kier molecular flexibility index (Phi) is 6.71. The number of hydrogen-bond donors (Lipinski definition) is 2. The number of thiophene rings is 1. The van der Waals surface area contributed by atoms with E-state index in [2.05, 4.69) is 37.3 Å². The highest BCUT2D eigenvalue weighted by Crippen LogP contribution is 2.27. The number of rotatable bonds is 9. The summed E-state index contributed by atoms with van der Waals surface area (Å²) in [6, 6.07) is 1.94. The first kappa shape index (κ1) is 18.8. The third-order valence-electron chi connectivity index (χ3n) is 3.89. The molecule has 0 radical (unpaired) electrons.